The number of carbonyl (C=O) groups excluding carboxylic acids is 1. The second-order valence-corrected chi connectivity index (χ2v) is 3.71. The van der Waals surface area contributed by atoms with Crippen LogP contribution < -0.4 is 4.74 Å². The molecule has 0 aliphatic rings. The highest BCUT2D eigenvalue weighted by molar-refractivity contribution is 6.30. The lowest BCUT2D eigenvalue weighted by molar-refractivity contribution is -0.144. The second kappa shape index (κ2) is 7.12. The molecular formula is C12H15ClO3. The summed E-state index contributed by atoms with van der Waals surface area (Å²) in [7, 11) is 0. The average Bonchev–Trinajstić information content (AvgIpc) is 2.27. The Morgan fingerprint density at radius 2 is 1.94 bits per heavy atom. The van der Waals surface area contributed by atoms with Gasteiger partial charge in [0.15, 0.2) is 0 Å². The first-order valence-electron chi connectivity index (χ1n) is 5.26. The molecule has 16 heavy (non-hydrogen) atoms. The fraction of sp³-hybridized carbons (Fsp3) is 0.417. The molecule has 1 rings (SSSR count). The number of halogens is 1. The Morgan fingerprint density at radius 3 is 2.56 bits per heavy atom. The zero-order valence-electron chi connectivity index (χ0n) is 9.24. The smallest absolute Gasteiger partial charge is 0.305 e. The highest BCUT2D eigenvalue weighted by Gasteiger charge is 2.00. The van der Waals surface area contributed by atoms with E-state index in [2.05, 4.69) is 0 Å². The summed E-state index contributed by atoms with van der Waals surface area (Å²) in [5.74, 6) is 0.540. The maximum atomic E-state index is 11.0. The predicted molar refractivity (Wildman–Crippen MR) is 62.8 cm³/mol. The van der Waals surface area contributed by atoms with Gasteiger partial charge in [-0.1, -0.05) is 18.5 Å². The SMILES string of the molecule is CCCC(=O)OCCOc1ccc(Cl)cc1. The van der Waals surface area contributed by atoms with Crippen LogP contribution in [-0.4, -0.2) is 19.2 Å². The maximum absolute atomic E-state index is 11.0. The van der Waals surface area contributed by atoms with Crippen molar-refractivity contribution in [3.63, 3.8) is 0 Å². The van der Waals surface area contributed by atoms with Crippen molar-refractivity contribution in [3.05, 3.63) is 29.3 Å². The number of rotatable bonds is 6. The normalized spacial score (nSPS) is 9.88. The van der Waals surface area contributed by atoms with Gasteiger partial charge in [0.05, 0.1) is 0 Å². The van der Waals surface area contributed by atoms with Crippen LogP contribution in [0.2, 0.25) is 5.02 Å². The number of hydrogen-bond donors (Lipinski definition) is 0. The molecule has 0 amide bonds. The highest BCUT2D eigenvalue weighted by atomic mass is 35.5. The predicted octanol–water partition coefficient (Wildman–Crippen LogP) is 3.06. The molecule has 0 saturated carbocycles. The van der Waals surface area contributed by atoms with Crippen molar-refractivity contribution in [3.8, 4) is 5.75 Å². The zero-order valence-corrected chi connectivity index (χ0v) is 10.00. The molecule has 0 N–H and O–H groups in total. The standard InChI is InChI=1S/C12H15ClO3/c1-2-3-12(14)16-9-8-15-11-6-4-10(13)5-7-11/h4-7H,2-3,8-9H2,1H3. The largest absolute Gasteiger partial charge is 0.490 e. The van der Waals surface area contributed by atoms with Gasteiger partial charge < -0.3 is 9.47 Å². The molecule has 0 spiro atoms. The first-order valence-corrected chi connectivity index (χ1v) is 5.64. The number of ether oxygens (including phenoxy) is 2. The molecule has 1 aromatic carbocycles. The first kappa shape index (κ1) is 12.8. The zero-order chi connectivity index (χ0) is 11.8. The minimum Gasteiger partial charge on any atom is -0.490 e. The lowest BCUT2D eigenvalue weighted by Crippen LogP contribution is -2.11. The molecule has 0 saturated heterocycles. The van der Waals surface area contributed by atoms with Crippen LogP contribution in [0.25, 0.3) is 0 Å². The second-order valence-electron chi connectivity index (χ2n) is 3.27. The van der Waals surface area contributed by atoms with E-state index >= 15 is 0 Å². The van der Waals surface area contributed by atoms with Gasteiger partial charge in [-0.05, 0) is 30.7 Å². The molecule has 0 heterocycles. The topological polar surface area (TPSA) is 35.5 Å². The number of esters is 1. The molecule has 0 radical (unpaired) electrons. The van der Waals surface area contributed by atoms with Crippen LogP contribution in [0, 0.1) is 0 Å². The van der Waals surface area contributed by atoms with Gasteiger partial charge in [-0.25, -0.2) is 0 Å². The molecule has 0 unspecified atom stereocenters. The van der Waals surface area contributed by atoms with Gasteiger partial charge in [-0.3, -0.25) is 4.79 Å². The summed E-state index contributed by atoms with van der Waals surface area (Å²) in [5.41, 5.74) is 0. The van der Waals surface area contributed by atoms with Crippen LogP contribution in [0.15, 0.2) is 24.3 Å². The van der Waals surface area contributed by atoms with Crippen molar-refractivity contribution in [2.75, 3.05) is 13.2 Å². The van der Waals surface area contributed by atoms with Crippen LogP contribution in [0.5, 0.6) is 5.75 Å². The van der Waals surface area contributed by atoms with Crippen molar-refractivity contribution in [2.24, 2.45) is 0 Å². The molecule has 1 aromatic rings. The number of hydrogen-bond acceptors (Lipinski definition) is 3. The summed E-state index contributed by atoms with van der Waals surface area (Å²) < 4.78 is 10.3. The van der Waals surface area contributed by atoms with Crippen molar-refractivity contribution in [1.82, 2.24) is 0 Å². The summed E-state index contributed by atoms with van der Waals surface area (Å²) >= 11 is 5.72. The van der Waals surface area contributed by atoms with Crippen molar-refractivity contribution >= 4 is 17.6 Å². The average molecular weight is 243 g/mol. The van der Waals surface area contributed by atoms with Gasteiger partial charge in [0.2, 0.25) is 0 Å². The summed E-state index contributed by atoms with van der Waals surface area (Å²) in [6, 6.07) is 7.05. The van der Waals surface area contributed by atoms with E-state index in [-0.39, 0.29) is 12.6 Å². The molecule has 0 bridgehead atoms. The molecule has 0 aromatic heterocycles. The Kier molecular flexibility index (Phi) is 5.72. The third-order valence-corrected chi connectivity index (χ3v) is 2.13. The molecule has 0 fully saturated rings. The number of benzene rings is 1. The van der Waals surface area contributed by atoms with E-state index in [0.29, 0.717) is 18.1 Å². The quantitative estimate of drug-likeness (QED) is 0.568. The molecule has 0 atom stereocenters. The highest BCUT2D eigenvalue weighted by Crippen LogP contribution is 2.15. The van der Waals surface area contributed by atoms with Gasteiger partial charge in [-0.2, -0.15) is 0 Å². The van der Waals surface area contributed by atoms with Crippen molar-refractivity contribution < 1.29 is 14.3 Å². The van der Waals surface area contributed by atoms with E-state index in [4.69, 9.17) is 21.1 Å². The summed E-state index contributed by atoms with van der Waals surface area (Å²) in [6.45, 7) is 2.57. The van der Waals surface area contributed by atoms with Crippen LogP contribution in [-0.2, 0) is 9.53 Å². The Hall–Kier alpha value is -1.22. The third-order valence-electron chi connectivity index (χ3n) is 1.88. The van der Waals surface area contributed by atoms with Gasteiger partial charge in [-0.15, -0.1) is 0 Å². The van der Waals surface area contributed by atoms with Crippen LogP contribution in [0.4, 0.5) is 0 Å². The summed E-state index contributed by atoms with van der Waals surface area (Å²) in [4.78, 5) is 11.0. The molecular weight excluding hydrogens is 228 g/mol. The fourth-order valence-electron chi connectivity index (χ4n) is 1.12. The maximum Gasteiger partial charge on any atom is 0.305 e. The van der Waals surface area contributed by atoms with E-state index in [0.717, 1.165) is 12.2 Å². The van der Waals surface area contributed by atoms with Crippen LogP contribution >= 0.6 is 11.6 Å². The minimum absolute atomic E-state index is 0.179. The van der Waals surface area contributed by atoms with E-state index in [9.17, 15) is 4.79 Å². The summed E-state index contributed by atoms with van der Waals surface area (Å²) in [5, 5.41) is 0.668. The van der Waals surface area contributed by atoms with Crippen LogP contribution in [0.3, 0.4) is 0 Å². The van der Waals surface area contributed by atoms with Gasteiger partial charge in [0.25, 0.3) is 0 Å². The van der Waals surface area contributed by atoms with Crippen LogP contribution in [0.1, 0.15) is 19.8 Å². The van der Waals surface area contributed by atoms with Crippen molar-refractivity contribution in [1.29, 1.82) is 0 Å². The van der Waals surface area contributed by atoms with Crippen molar-refractivity contribution in [2.45, 2.75) is 19.8 Å². The first-order chi connectivity index (χ1) is 7.72. The molecule has 0 aliphatic heterocycles. The Bertz CT molecular complexity index is 322. The molecule has 3 nitrogen and oxygen atoms in total. The monoisotopic (exact) mass is 242 g/mol. The third kappa shape index (κ3) is 5.03. The number of carbonyl (C=O) groups is 1. The van der Waals surface area contributed by atoms with E-state index < -0.39 is 0 Å². The lowest BCUT2D eigenvalue weighted by Gasteiger charge is -2.06. The van der Waals surface area contributed by atoms with E-state index in [1.807, 2.05) is 6.92 Å². The Morgan fingerprint density at radius 1 is 1.25 bits per heavy atom. The molecule has 0 aliphatic carbocycles. The van der Waals surface area contributed by atoms with E-state index in [1.54, 1.807) is 24.3 Å². The summed E-state index contributed by atoms with van der Waals surface area (Å²) in [6.07, 6.45) is 1.26. The fourth-order valence-corrected chi connectivity index (χ4v) is 1.25. The molecule has 4 heteroatoms. The minimum atomic E-state index is -0.179. The van der Waals surface area contributed by atoms with E-state index in [1.165, 1.54) is 0 Å². The van der Waals surface area contributed by atoms with Gasteiger partial charge >= 0.3 is 5.97 Å². The van der Waals surface area contributed by atoms with Gasteiger partial charge in [0.1, 0.15) is 19.0 Å². The Balaban J connectivity index is 2.16. The Labute approximate surface area is 100 Å². The lowest BCUT2D eigenvalue weighted by atomic mass is 10.3. The van der Waals surface area contributed by atoms with Gasteiger partial charge in [0, 0.05) is 11.4 Å². The molecule has 88 valence electrons.